The maximum absolute atomic E-state index is 13.3. The zero-order chi connectivity index (χ0) is 29.5. The third-order valence-corrected chi connectivity index (χ3v) is 7.92. The Balaban J connectivity index is 1.17. The zero-order valence-electron chi connectivity index (χ0n) is 24.4. The number of hydrogen-bond donors (Lipinski definition) is 0. The molecule has 1 aliphatic heterocycles. The lowest BCUT2D eigenvalue weighted by atomic mass is 10.0. The summed E-state index contributed by atoms with van der Waals surface area (Å²) in [4.78, 5) is 32.2. The highest BCUT2D eigenvalue weighted by Gasteiger charge is 2.28. The van der Waals surface area contributed by atoms with Gasteiger partial charge in [0.15, 0.2) is 5.82 Å². The second kappa shape index (κ2) is 13.3. The first-order valence-corrected chi connectivity index (χ1v) is 14.4. The number of carbonyl (C=O) groups is 2. The van der Waals surface area contributed by atoms with Gasteiger partial charge in [-0.05, 0) is 60.9 Å². The average Bonchev–Trinajstić information content (AvgIpc) is 3.07. The Labute approximate surface area is 247 Å². The van der Waals surface area contributed by atoms with Crippen molar-refractivity contribution in [2.24, 2.45) is 0 Å². The van der Waals surface area contributed by atoms with Gasteiger partial charge < -0.3 is 19.4 Å². The van der Waals surface area contributed by atoms with Crippen molar-refractivity contribution in [1.82, 2.24) is 20.0 Å². The molecule has 0 aliphatic carbocycles. The summed E-state index contributed by atoms with van der Waals surface area (Å²) >= 11 is 0. The van der Waals surface area contributed by atoms with Gasteiger partial charge in [-0.25, -0.2) is 0 Å². The lowest BCUT2D eigenvalue weighted by molar-refractivity contribution is -0.132. The molecule has 1 aromatic heterocycles. The van der Waals surface area contributed by atoms with Crippen LogP contribution in [0.1, 0.15) is 30.6 Å². The number of benzene rings is 3. The molecule has 0 bridgehead atoms. The van der Waals surface area contributed by atoms with Gasteiger partial charge in [-0.3, -0.25) is 9.59 Å². The molecule has 42 heavy (non-hydrogen) atoms. The summed E-state index contributed by atoms with van der Waals surface area (Å²) in [7, 11) is 1.59. The van der Waals surface area contributed by atoms with Gasteiger partial charge in [-0.1, -0.05) is 61.5 Å². The van der Waals surface area contributed by atoms with Crippen molar-refractivity contribution in [3.05, 3.63) is 96.6 Å². The van der Waals surface area contributed by atoms with Crippen molar-refractivity contribution in [2.45, 2.75) is 26.3 Å². The molecule has 1 atom stereocenters. The first-order valence-electron chi connectivity index (χ1n) is 14.4. The van der Waals surface area contributed by atoms with E-state index in [4.69, 9.17) is 4.74 Å². The van der Waals surface area contributed by atoms with Crippen molar-refractivity contribution in [1.29, 1.82) is 0 Å². The molecule has 216 valence electrons. The highest BCUT2D eigenvalue weighted by Crippen LogP contribution is 2.24. The fourth-order valence-electron chi connectivity index (χ4n) is 5.09. The fourth-order valence-corrected chi connectivity index (χ4v) is 5.09. The average molecular weight is 564 g/mol. The van der Waals surface area contributed by atoms with Crippen molar-refractivity contribution in [3.8, 4) is 28.1 Å². The van der Waals surface area contributed by atoms with Crippen molar-refractivity contribution < 1.29 is 14.3 Å². The fraction of sp³-hybridized carbons (Fsp3) is 0.294. The van der Waals surface area contributed by atoms with Crippen LogP contribution in [0, 0.1) is 0 Å². The standard InChI is InChI=1S/C34H37N5O3/c1-4-25(2)39(34(41)29-14-16-30(42-3)17-15-29)24-33(40)38-22-20-37(21-23-38)32-19-18-31(35-36-32)28-12-10-27(11-13-28)26-8-6-5-7-9-26/h5-19,25H,4,20-24H2,1-3H3/t25-/m0/s1. The number of piperazine rings is 1. The van der Waals surface area contributed by atoms with E-state index in [1.54, 1.807) is 36.3 Å². The largest absolute Gasteiger partial charge is 0.497 e. The van der Waals surface area contributed by atoms with Gasteiger partial charge >= 0.3 is 0 Å². The number of rotatable bonds is 9. The Morgan fingerprint density at radius 1 is 0.810 bits per heavy atom. The number of nitrogens with zero attached hydrogens (tertiary/aromatic N) is 5. The third-order valence-electron chi connectivity index (χ3n) is 7.92. The monoisotopic (exact) mass is 563 g/mol. The Morgan fingerprint density at radius 3 is 2.05 bits per heavy atom. The smallest absolute Gasteiger partial charge is 0.254 e. The second-order valence-electron chi connectivity index (χ2n) is 10.5. The van der Waals surface area contributed by atoms with E-state index in [1.807, 2.05) is 49.1 Å². The van der Waals surface area contributed by atoms with Crippen LogP contribution in [-0.4, -0.2) is 77.7 Å². The van der Waals surface area contributed by atoms with E-state index < -0.39 is 0 Å². The summed E-state index contributed by atoms with van der Waals surface area (Å²) in [5.41, 5.74) is 4.72. The maximum Gasteiger partial charge on any atom is 0.254 e. The summed E-state index contributed by atoms with van der Waals surface area (Å²) in [5.74, 6) is 1.29. The van der Waals surface area contributed by atoms with E-state index in [0.29, 0.717) is 37.5 Å². The van der Waals surface area contributed by atoms with E-state index in [9.17, 15) is 9.59 Å². The lowest BCUT2D eigenvalue weighted by Crippen LogP contribution is -2.53. The summed E-state index contributed by atoms with van der Waals surface area (Å²) < 4.78 is 5.21. The third kappa shape index (κ3) is 6.60. The van der Waals surface area contributed by atoms with Crippen LogP contribution in [0.5, 0.6) is 5.75 Å². The molecule has 0 N–H and O–H groups in total. The van der Waals surface area contributed by atoms with Crippen molar-refractivity contribution in [3.63, 3.8) is 0 Å². The number of methoxy groups -OCH3 is 1. The van der Waals surface area contributed by atoms with Gasteiger partial charge in [0.2, 0.25) is 5.91 Å². The summed E-state index contributed by atoms with van der Waals surface area (Å²) in [6, 6.07) is 29.6. The highest BCUT2D eigenvalue weighted by molar-refractivity contribution is 5.97. The molecule has 0 spiro atoms. The second-order valence-corrected chi connectivity index (χ2v) is 10.5. The first-order chi connectivity index (χ1) is 20.5. The van der Waals surface area contributed by atoms with Crippen LogP contribution in [-0.2, 0) is 4.79 Å². The molecule has 3 aromatic carbocycles. The highest BCUT2D eigenvalue weighted by atomic mass is 16.5. The zero-order valence-corrected chi connectivity index (χ0v) is 24.4. The number of ether oxygens (including phenoxy) is 1. The molecule has 2 amide bonds. The van der Waals surface area contributed by atoms with E-state index in [-0.39, 0.29) is 24.4 Å². The molecule has 8 heteroatoms. The lowest BCUT2D eigenvalue weighted by Gasteiger charge is -2.37. The van der Waals surface area contributed by atoms with E-state index in [1.165, 1.54) is 5.56 Å². The van der Waals surface area contributed by atoms with Gasteiger partial charge in [0.25, 0.3) is 5.91 Å². The Kier molecular flexibility index (Phi) is 9.12. The van der Waals surface area contributed by atoms with Gasteiger partial charge in [0.05, 0.1) is 12.8 Å². The topological polar surface area (TPSA) is 78.9 Å². The Morgan fingerprint density at radius 2 is 1.45 bits per heavy atom. The van der Waals surface area contributed by atoms with E-state index in [0.717, 1.165) is 29.1 Å². The number of carbonyl (C=O) groups excluding carboxylic acids is 2. The van der Waals surface area contributed by atoms with E-state index in [2.05, 4.69) is 51.5 Å². The minimum absolute atomic E-state index is 0.0443. The Bertz CT molecular complexity index is 1470. The summed E-state index contributed by atoms with van der Waals surface area (Å²) in [6.07, 6.45) is 0.759. The predicted molar refractivity (Wildman–Crippen MR) is 165 cm³/mol. The summed E-state index contributed by atoms with van der Waals surface area (Å²) in [6.45, 7) is 6.49. The molecule has 2 heterocycles. The van der Waals surface area contributed by atoms with Crippen LogP contribution in [0.2, 0.25) is 0 Å². The number of amides is 2. The molecule has 0 saturated carbocycles. The minimum atomic E-state index is -0.149. The molecule has 1 fully saturated rings. The quantitative estimate of drug-likeness (QED) is 0.271. The molecule has 8 nitrogen and oxygen atoms in total. The van der Waals surface area contributed by atoms with Crippen molar-refractivity contribution >= 4 is 17.6 Å². The van der Waals surface area contributed by atoms with Crippen LogP contribution in [0.3, 0.4) is 0 Å². The molecule has 0 radical (unpaired) electrons. The van der Waals surface area contributed by atoms with Crippen LogP contribution in [0.25, 0.3) is 22.4 Å². The molecule has 5 rings (SSSR count). The van der Waals surface area contributed by atoms with Gasteiger partial charge in [0.1, 0.15) is 12.3 Å². The van der Waals surface area contributed by atoms with Crippen LogP contribution in [0.15, 0.2) is 91.0 Å². The number of anilines is 1. The SMILES string of the molecule is CC[C@H](C)N(CC(=O)N1CCN(c2ccc(-c3ccc(-c4ccccc4)cc3)nn2)CC1)C(=O)c1ccc(OC)cc1. The van der Waals surface area contributed by atoms with Gasteiger partial charge in [-0.2, -0.15) is 0 Å². The van der Waals surface area contributed by atoms with E-state index >= 15 is 0 Å². The molecular weight excluding hydrogens is 526 g/mol. The minimum Gasteiger partial charge on any atom is -0.497 e. The normalized spacial score (nSPS) is 13.9. The van der Waals surface area contributed by atoms with Crippen LogP contribution in [0.4, 0.5) is 5.82 Å². The first kappa shape index (κ1) is 28.8. The molecule has 0 unspecified atom stereocenters. The Hall–Kier alpha value is -4.72. The molecular formula is C34H37N5O3. The van der Waals surface area contributed by atoms with Gasteiger partial charge in [-0.15, -0.1) is 10.2 Å². The predicted octanol–water partition coefficient (Wildman–Crippen LogP) is 5.41. The van der Waals surface area contributed by atoms with Crippen LogP contribution < -0.4 is 9.64 Å². The molecule has 1 saturated heterocycles. The molecule has 1 aliphatic rings. The molecule has 4 aromatic rings. The summed E-state index contributed by atoms with van der Waals surface area (Å²) in [5, 5.41) is 8.98. The van der Waals surface area contributed by atoms with Gasteiger partial charge in [0, 0.05) is 43.3 Å². The van der Waals surface area contributed by atoms with Crippen LogP contribution >= 0.6 is 0 Å². The number of aromatic nitrogens is 2. The van der Waals surface area contributed by atoms with Crippen molar-refractivity contribution in [2.75, 3.05) is 44.7 Å². The number of hydrogen-bond acceptors (Lipinski definition) is 6. The maximum atomic E-state index is 13.3.